The van der Waals surface area contributed by atoms with Crippen LogP contribution in [0.15, 0.2) is 29.3 Å². The maximum atomic E-state index is 11.0. The van der Waals surface area contributed by atoms with Gasteiger partial charge in [0.2, 0.25) is 0 Å². The number of esters is 1. The molecule has 0 fully saturated rings. The summed E-state index contributed by atoms with van der Waals surface area (Å²) in [4.78, 5) is 15.6. The Morgan fingerprint density at radius 3 is 2.46 bits per heavy atom. The summed E-state index contributed by atoms with van der Waals surface area (Å²) >= 11 is 0. The van der Waals surface area contributed by atoms with Gasteiger partial charge in [-0.15, -0.1) is 24.0 Å². The highest BCUT2D eigenvalue weighted by Crippen LogP contribution is 2.04. The summed E-state index contributed by atoms with van der Waals surface area (Å²) in [7, 11) is 1.43. The van der Waals surface area contributed by atoms with Crippen LogP contribution in [-0.2, 0) is 16.1 Å². The highest BCUT2D eigenvalue weighted by Gasteiger charge is 2.00. The van der Waals surface area contributed by atoms with Crippen molar-refractivity contribution in [1.29, 1.82) is 0 Å². The third-order valence-corrected chi connectivity index (χ3v) is 3.46. The number of carbonyl (C=O) groups is 1. The van der Waals surface area contributed by atoms with Crippen molar-refractivity contribution in [3.63, 3.8) is 0 Å². The van der Waals surface area contributed by atoms with Crippen molar-refractivity contribution in [1.82, 2.24) is 10.6 Å². The number of nitrogens with one attached hydrogen (secondary N) is 2. The second-order valence-corrected chi connectivity index (χ2v) is 5.49. The second-order valence-electron chi connectivity index (χ2n) is 5.49. The standard InChI is InChI=1S/C18H29N3O2.HI/c1-4-19-18(20-13-7-5-6-8-17(22)23-3)21-14-16-11-9-15(2)10-12-16;/h9-12H,4-8,13-14H2,1-3H3,(H2,19,20,21);1H. The Morgan fingerprint density at radius 1 is 1.12 bits per heavy atom. The Hall–Kier alpha value is -1.31. The van der Waals surface area contributed by atoms with Gasteiger partial charge < -0.3 is 15.4 Å². The molecule has 0 atom stereocenters. The molecule has 0 heterocycles. The Balaban J connectivity index is 0.00000529. The van der Waals surface area contributed by atoms with Gasteiger partial charge in [0, 0.05) is 19.5 Å². The third-order valence-electron chi connectivity index (χ3n) is 3.46. The van der Waals surface area contributed by atoms with Crippen LogP contribution in [0.2, 0.25) is 0 Å². The largest absolute Gasteiger partial charge is 0.469 e. The number of hydrogen-bond donors (Lipinski definition) is 2. The van der Waals surface area contributed by atoms with Gasteiger partial charge in [0.05, 0.1) is 13.7 Å². The van der Waals surface area contributed by atoms with E-state index in [2.05, 4.69) is 58.5 Å². The first-order chi connectivity index (χ1) is 11.2. The number of hydrogen-bond acceptors (Lipinski definition) is 3. The Bertz CT molecular complexity index is 490. The fourth-order valence-electron chi connectivity index (χ4n) is 2.09. The van der Waals surface area contributed by atoms with Crippen molar-refractivity contribution in [2.75, 3.05) is 20.2 Å². The van der Waals surface area contributed by atoms with E-state index >= 15 is 0 Å². The Labute approximate surface area is 162 Å². The predicted molar refractivity (Wildman–Crippen MR) is 110 cm³/mol. The monoisotopic (exact) mass is 447 g/mol. The molecule has 0 saturated carbocycles. The highest BCUT2D eigenvalue weighted by molar-refractivity contribution is 14.0. The summed E-state index contributed by atoms with van der Waals surface area (Å²) in [6.45, 7) is 6.49. The van der Waals surface area contributed by atoms with Crippen molar-refractivity contribution in [3.05, 3.63) is 35.4 Å². The smallest absolute Gasteiger partial charge is 0.305 e. The molecule has 0 aliphatic rings. The van der Waals surface area contributed by atoms with E-state index in [0.29, 0.717) is 13.0 Å². The Kier molecular flexibility index (Phi) is 13.3. The molecule has 1 aromatic rings. The average Bonchev–Trinajstić information content (AvgIpc) is 2.56. The van der Waals surface area contributed by atoms with Gasteiger partial charge in [0.25, 0.3) is 0 Å². The SMILES string of the molecule is CCNC(=NCc1ccc(C)cc1)NCCCCCC(=O)OC.I. The van der Waals surface area contributed by atoms with Crippen molar-refractivity contribution < 1.29 is 9.53 Å². The maximum Gasteiger partial charge on any atom is 0.305 e. The number of ether oxygens (including phenoxy) is 1. The van der Waals surface area contributed by atoms with Crippen LogP contribution in [0.25, 0.3) is 0 Å². The number of nitrogens with zero attached hydrogens (tertiary/aromatic N) is 1. The van der Waals surface area contributed by atoms with Gasteiger partial charge in [0.1, 0.15) is 0 Å². The summed E-state index contributed by atoms with van der Waals surface area (Å²) in [6, 6.07) is 8.42. The zero-order chi connectivity index (χ0) is 16.9. The van der Waals surface area contributed by atoms with Crippen LogP contribution in [0.3, 0.4) is 0 Å². The van der Waals surface area contributed by atoms with E-state index < -0.39 is 0 Å². The fourth-order valence-corrected chi connectivity index (χ4v) is 2.09. The number of aliphatic imine (C=N–C) groups is 1. The minimum absolute atomic E-state index is 0. The van der Waals surface area contributed by atoms with Crippen LogP contribution >= 0.6 is 24.0 Å². The van der Waals surface area contributed by atoms with Crippen LogP contribution in [-0.4, -0.2) is 32.1 Å². The van der Waals surface area contributed by atoms with E-state index in [1.165, 1.54) is 18.2 Å². The number of carbonyl (C=O) groups excluding carboxylic acids is 1. The number of unbranched alkanes of at least 4 members (excludes halogenated alkanes) is 2. The zero-order valence-corrected chi connectivity index (χ0v) is 17.3. The minimum Gasteiger partial charge on any atom is -0.469 e. The van der Waals surface area contributed by atoms with Crippen LogP contribution in [0, 0.1) is 6.92 Å². The van der Waals surface area contributed by atoms with E-state index in [9.17, 15) is 4.79 Å². The average molecular weight is 447 g/mol. The number of aryl methyl sites for hydroxylation is 1. The molecule has 1 rings (SSSR count). The van der Waals surface area contributed by atoms with Gasteiger partial charge >= 0.3 is 5.97 Å². The molecule has 6 heteroatoms. The van der Waals surface area contributed by atoms with Crippen LogP contribution < -0.4 is 10.6 Å². The molecule has 0 bridgehead atoms. The molecular weight excluding hydrogens is 417 g/mol. The van der Waals surface area contributed by atoms with Gasteiger partial charge in [-0.25, -0.2) is 4.99 Å². The Morgan fingerprint density at radius 2 is 1.83 bits per heavy atom. The van der Waals surface area contributed by atoms with Crippen LogP contribution in [0.4, 0.5) is 0 Å². The first-order valence-electron chi connectivity index (χ1n) is 8.30. The summed E-state index contributed by atoms with van der Waals surface area (Å²) in [6.07, 6.45) is 3.37. The van der Waals surface area contributed by atoms with E-state index in [4.69, 9.17) is 0 Å². The van der Waals surface area contributed by atoms with Crippen LogP contribution in [0.5, 0.6) is 0 Å². The third kappa shape index (κ3) is 10.5. The first kappa shape index (κ1) is 22.7. The minimum atomic E-state index is -0.133. The second kappa shape index (κ2) is 14.1. The van der Waals surface area contributed by atoms with E-state index in [1.807, 2.05) is 0 Å². The number of guanidine groups is 1. The molecule has 0 unspecified atom stereocenters. The van der Waals surface area contributed by atoms with Crippen LogP contribution in [0.1, 0.15) is 43.7 Å². The summed E-state index contributed by atoms with van der Waals surface area (Å²) < 4.78 is 4.62. The van der Waals surface area contributed by atoms with Crippen molar-refractivity contribution in [2.24, 2.45) is 4.99 Å². The van der Waals surface area contributed by atoms with Gasteiger partial charge in [-0.1, -0.05) is 36.2 Å². The number of methoxy groups -OCH3 is 1. The lowest BCUT2D eigenvalue weighted by atomic mass is 10.1. The molecular formula is C18H30IN3O2. The molecule has 136 valence electrons. The van der Waals surface area contributed by atoms with E-state index in [1.54, 1.807) is 0 Å². The van der Waals surface area contributed by atoms with Crippen molar-refractivity contribution in [3.8, 4) is 0 Å². The molecule has 1 aromatic carbocycles. The normalized spacial score (nSPS) is 10.7. The lowest BCUT2D eigenvalue weighted by Gasteiger charge is -2.11. The molecule has 2 N–H and O–H groups in total. The lowest BCUT2D eigenvalue weighted by Crippen LogP contribution is -2.37. The number of halogens is 1. The maximum absolute atomic E-state index is 11.0. The van der Waals surface area contributed by atoms with E-state index in [0.717, 1.165) is 38.3 Å². The molecule has 0 spiro atoms. The summed E-state index contributed by atoms with van der Waals surface area (Å²) in [5, 5.41) is 6.57. The molecule has 0 radical (unpaired) electrons. The van der Waals surface area contributed by atoms with Gasteiger partial charge in [-0.2, -0.15) is 0 Å². The molecule has 0 aromatic heterocycles. The number of benzene rings is 1. The molecule has 0 aliphatic heterocycles. The fraction of sp³-hybridized carbons (Fsp3) is 0.556. The molecule has 0 aliphatic carbocycles. The zero-order valence-electron chi connectivity index (χ0n) is 14.9. The van der Waals surface area contributed by atoms with Gasteiger partial charge in [-0.3, -0.25) is 4.79 Å². The quantitative estimate of drug-likeness (QED) is 0.200. The number of rotatable bonds is 9. The molecule has 5 nitrogen and oxygen atoms in total. The molecule has 0 saturated heterocycles. The summed E-state index contributed by atoms with van der Waals surface area (Å²) in [5.41, 5.74) is 2.46. The first-order valence-corrected chi connectivity index (χ1v) is 8.30. The van der Waals surface area contributed by atoms with Crippen molar-refractivity contribution >= 4 is 35.9 Å². The molecule has 0 amide bonds. The summed E-state index contributed by atoms with van der Waals surface area (Å²) in [5.74, 6) is 0.701. The lowest BCUT2D eigenvalue weighted by molar-refractivity contribution is -0.140. The topological polar surface area (TPSA) is 62.7 Å². The van der Waals surface area contributed by atoms with E-state index in [-0.39, 0.29) is 29.9 Å². The van der Waals surface area contributed by atoms with Gasteiger partial charge in [-0.05, 0) is 32.3 Å². The van der Waals surface area contributed by atoms with Gasteiger partial charge in [0.15, 0.2) is 5.96 Å². The predicted octanol–water partition coefficient (Wildman–Crippen LogP) is 3.40. The molecule has 24 heavy (non-hydrogen) atoms. The van der Waals surface area contributed by atoms with Crippen molar-refractivity contribution in [2.45, 2.75) is 46.1 Å². The highest BCUT2D eigenvalue weighted by atomic mass is 127.